The zero-order valence-electron chi connectivity index (χ0n) is 9.10. The average molecular weight is 310 g/mol. The van der Waals surface area contributed by atoms with E-state index >= 15 is 0 Å². The summed E-state index contributed by atoms with van der Waals surface area (Å²) in [6.45, 7) is 0. The van der Waals surface area contributed by atoms with Crippen molar-refractivity contribution in [1.82, 2.24) is 0 Å². The smallest absolute Gasteiger partial charge is 0.0574 e. The van der Waals surface area contributed by atoms with E-state index in [2.05, 4.69) is 15.9 Å². The molecular formula is C13H12BrNOS. The van der Waals surface area contributed by atoms with Gasteiger partial charge in [0.25, 0.3) is 0 Å². The Kier molecular flexibility index (Phi) is 3.97. The van der Waals surface area contributed by atoms with Gasteiger partial charge in [0.15, 0.2) is 0 Å². The van der Waals surface area contributed by atoms with E-state index in [0.717, 1.165) is 14.9 Å². The lowest BCUT2D eigenvalue weighted by Crippen LogP contribution is -1.98. The molecule has 0 saturated carbocycles. The Balaban J connectivity index is 2.19. The Morgan fingerprint density at radius 3 is 2.47 bits per heavy atom. The molecule has 2 N–H and O–H groups in total. The molecule has 2 aromatic rings. The van der Waals surface area contributed by atoms with Crippen LogP contribution in [0.2, 0.25) is 0 Å². The minimum absolute atomic E-state index is 0.491. The summed E-state index contributed by atoms with van der Waals surface area (Å²) < 4.78 is 13.0. The van der Waals surface area contributed by atoms with Crippen LogP contribution >= 0.6 is 15.9 Å². The van der Waals surface area contributed by atoms with Gasteiger partial charge in [0.2, 0.25) is 0 Å². The van der Waals surface area contributed by atoms with Crippen molar-refractivity contribution in [3.63, 3.8) is 0 Å². The number of benzene rings is 2. The van der Waals surface area contributed by atoms with Crippen molar-refractivity contribution in [3.8, 4) is 0 Å². The van der Waals surface area contributed by atoms with Crippen LogP contribution < -0.4 is 5.73 Å². The van der Waals surface area contributed by atoms with Crippen LogP contribution in [0, 0.1) is 0 Å². The van der Waals surface area contributed by atoms with Crippen LogP contribution in [0.15, 0.2) is 57.9 Å². The fourth-order valence-electron chi connectivity index (χ4n) is 1.48. The van der Waals surface area contributed by atoms with Crippen LogP contribution in [0.3, 0.4) is 0 Å². The molecular weight excluding hydrogens is 298 g/mol. The molecule has 0 aliphatic rings. The van der Waals surface area contributed by atoms with E-state index in [-0.39, 0.29) is 0 Å². The topological polar surface area (TPSA) is 43.1 Å². The molecule has 0 aliphatic carbocycles. The molecule has 0 saturated heterocycles. The second-order valence-electron chi connectivity index (χ2n) is 3.65. The normalized spacial score (nSPS) is 12.3. The highest BCUT2D eigenvalue weighted by Gasteiger charge is 2.07. The van der Waals surface area contributed by atoms with Crippen molar-refractivity contribution in [1.29, 1.82) is 0 Å². The number of anilines is 1. The predicted octanol–water partition coefficient (Wildman–Crippen LogP) is 3.34. The summed E-state index contributed by atoms with van der Waals surface area (Å²) in [5.74, 6) is 0.491. The number of hydrogen-bond donors (Lipinski definition) is 1. The zero-order valence-corrected chi connectivity index (χ0v) is 11.5. The third-order valence-electron chi connectivity index (χ3n) is 2.37. The van der Waals surface area contributed by atoms with Crippen molar-refractivity contribution in [2.24, 2.45) is 0 Å². The first-order valence-corrected chi connectivity index (χ1v) is 7.25. The fraction of sp³-hybridized carbons (Fsp3) is 0.0769. The van der Waals surface area contributed by atoms with Gasteiger partial charge in [-0.15, -0.1) is 0 Å². The number of hydrogen-bond acceptors (Lipinski definition) is 2. The zero-order chi connectivity index (χ0) is 12.3. The van der Waals surface area contributed by atoms with Gasteiger partial charge in [0.05, 0.1) is 16.6 Å². The highest BCUT2D eigenvalue weighted by Crippen LogP contribution is 2.22. The molecule has 0 aliphatic heterocycles. The van der Waals surface area contributed by atoms with Gasteiger partial charge in [-0.1, -0.05) is 40.2 Å². The molecule has 0 aromatic heterocycles. The molecule has 88 valence electrons. The minimum Gasteiger partial charge on any atom is -0.399 e. The number of nitrogen functional groups attached to an aromatic ring is 1. The van der Waals surface area contributed by atoms with Crippen LogP contribution in [0.5, 0.6) is 0 Å². The lowest BCUT2D eigenvalue weighted by Gasteiger charge is -2.05. The molecule has 2 aromatic carbocycles. The number of halogens is 1. The highest BCUT2D eigenvalue weighted by atomic mass is 79.9. The van der Waals surface area contributed by atoms with Gasteiger partial charge in [0, 0.05) is 15.1 Å². The van der Waals surface area contributed by atoms with Gasteiger partial charge in [0.1, 0.15) is 0 Å². The summed E-state index contributed by atoms with van der Waals surface area (Å²) in [7, 11) is -1.02. The van der Waals surface area contributed by atoms with Crippen molar-refractivity contribution in [2.75, 3.05) is 5.73 Å². The van der Waals surface area contributed by atoms with E-state index in [1.165, 1.54) is 0 Å². The van der Waals surface area contributed by atoms with E-state index < -0.39 is 10.8 Å². The molecule has 2 nitrogen and oxygen atoms in total. The minimum atomic E-state index is -1.02. The molecule has 4 heteroatoms. The monoisotopic (exact) mass is 309 g/mol. The molecule has 2 rings (SSSR count). The molecule has 0 radical (unpaired) electrons. The van der Waals surface area contributed by atoms with Crippen molar-refractivity contribution in [2.45, 2.75) is 10.6 Å². The summed E-state index contributed by atoms with van der Waals surface area (Å²) in [6.07, 6.45) is 0. The third kappa shape index (κ3) is 3.17. The van der Waals surface area contributed by atoms with E-state index in [9.17, 15) is 4.21 Å². The Bertz CT molecular complexity index is 542. The maximum atomic E-state index is 12.1. The van der Waals surface area contributed by atoms with Gasteiger partial charge in [-0.3, -0.25) is 4.21 Å². The van der Waals surface area contributed by atoms with E-state index in [4.69, 9.17) is 5.73 Å². The molecule has 0 amide bonds. The second kappa shape index (κ2) is 5.47. The summed E-state index contributed by atoms with van der Waals surface area (Å²) in [6, 6.07) is 15.0. The lowest BCUT2D eigenvalue weighted by atomic mass is 10.2. The number of nitrogens with two attached hydrogens (primary N) is 1. The fourth-order valence-corrected chi connectivity index (χ4v) is 3.36. The molecule has 17 heavy (non-hydrogen) atoms. The van der Waals surface area contributed by atoms with Crippen LogP contribution in [0.4, 0.5) is 5.69 Å². The first kappa shape index (κ1) is 12.3. The van der Waals surface area contributed by atoms with Crippen molar-refractivity contribution >= 4 is 32.4 Å². The molecule has 0 heterocycles. The van der Waals surface area contributed by atoms with Crippen LogP contribution in [-0.2, 0) is 16.6 Å². The Morgan fingerprint density at radius 2 is 1.82 bits per heavy atom. The average Bonchev–Trinajstić information content (AvgIpc) is 2.34. The first-order valence-electron chi connectivity index (χ1n) is 5.14. The summed E-state index contributed by atoms with van der Waals surface area (Å²) in [4.78, 5) is 0.844. The van der Waals surface area contributed by atoms with E-state index in [0.29, 0.717) is 11.4 Å². The summed E-state index contributed by atoms with van der Waals surface area (Å²) in [5, 5.41) is 0. The van der Waals surface area contributed by atoms with Crippen LogP contribution in [0.1, 0.15) is 5.56 Å². The maximum Gasteiger partial charge on any atom is 0.0574 e. The van der Waals surface area contributed by atoms with Gasteiger partial charge < -0.3 is 5.73 Å². The molecule has 0 spiro atoms. The summed E-state index contributed by atoms with van der Waals surface area (Å²) in [5.41, 5.74) is 7.36. The Labute approximate surface area is 111 Å². The quantitative estimate of drug-likeness (QED) is 0.884. The van der Waals surface area contributed by atoms with Gasteiger partial charge >= 0.3 is 0 Å². The standard InChI is InChI=1S/C13H12BrNOS/c14-13-8-11(15)7-6-10(13)9-17(16)12-4-2-1-3-5-12/h1-8H,9,15H2. The molecule has 0 fully saturated rings. The Morgan fingerprint density at radius 1 is 1.12 bits per heavy atom. The number of rotatable bonds is 3. The predicted molar refractivity (Wildman–Crippen MR) is 75.1 cm³/mol. The van der Waals surface area contributed by atoms with Gasteiger partial charge in [-0.05, 0) is 29.8 Å². The third-order valence-corrected chi connectivity index (χ3v) is 4.48. The lowest BCUT2D eigenvalue weighted by molar-refractivity contribution is 0.682. The van der Waals surface area contributed by atoms with Crippen molar-refractivity contribution in [3.05, 3.63) is 58.6 Å². The first-order chi connectivity index (χ1) is 8.16. The van der Waals surface area contributed by atoms with E-state index in [1.54, 1.807) is 0 Å². The SMILES string of the molecule is Nc1ccc(CS(=O)c2ccccc2)c(Br)c1. The van der Waals surface area contributed by atoms with Crippen molar-refractivity contribution < 1.29 is 4.21 Å². The van der Waals surface area contributed by atoms with E-state index in [1.807, 2.05) is 48.5 Å². The highest BCUT2D eigenvalue weighted by molar-refractivity contribution is 9.10. The summed E-state index contributed by atoms with van der Waals surface area (Å²) >= 11 is 3.43. The largest absolute Gasteiger partial charge is 0.399 e. The molecule has 0 bridgehead atoms. The maximum absolute atomic E-state index is 12.1. The molecule has 1 unspecified atom stereocenters. The van der Waals surface area contributed by atoms with Crippen LogP contribution in [0.25, 0.3) is 0 Å². The molecule has 1 atom stereocenters. The second-order valence-corrected chi connectivity index (χ2v) is 5.96. The van der Waals surface area contributed by atoms with Gasteiger partial charge in [-0.25, -0.2) is 0 Å². The van der Waals surface area contributed by atoms with Gasteiger partial charge in [-0.2, -0.15) is 0 Å². The van der Waals surface area contributed by atoms with Crippen LogP contribution in [-0.4, -0.2) is 4.21 Å². The Hall–Kier alpha value is -1.13.